The Morgan fingerprint density at radius 3 is 2.62 bits per heavy atom. The van der Waals surface area contributed by atoms with Gasteiger partial charge in [-0.1, -0.05) is 24.3 Å². The Morgan fingerprint density at radius 1 is 1.19 bits per heavy atom. The molecule has 2 aromatic heterocycles. The third kappa shape index (κ3) is 2.94. The minimum absolute atomic E-state index is 0.376. The van der Waals surface area contributed by atoms with E-state index in [0.29, 0.717) is 5.95 Å². The van der Waals surface area contributed by atoms with E-state index in [4.69, 9.17) is 5.73 Å². The van der Waals surface area contributed by atoms with Crippen molar-refractivity contribution >= 4 is 12.2 Å². The fourth-order valence-electron chi connectivity index (χ4n) is 1.93. The molecule has 2 N–H and O–H groups in total. The zero-order chi connectivity index (χ0) is 14.7. The summed E-state index contributed by atoms with van der Waals surface area (Å²) >= 11 is 0. The number of anilines is 1. The Hall–Kier alpha value is -3.02. The second kappa shape index (κ2) is 5.54. The van der Waals surface area contributed by atoms with Crippen molar-refractivity contribution in [2.75, 3.05) is 5.73 Å². The van der Waals surface area contributed by atoms with Crippen molar-refractivity contribution in [2.24, 2.45) is 5.10 Å². The summed E-state index contributed by atoms with van der Waals surface area (Å²) in [5, 5.41) is 4.28. The van der Waals surface area contributed by atoms with Crippen molar-refractivity contribution in [1.82, 2.24) is 19.6 Å². The molecule has 0 bridgehead atoms. The Labute approximate surface area is 122 Å². The molecule has 1 aromatic carbocycles. The monoisotopic (exact) mass is 278 g/mol. The fourth-order valence-corrected chi connectivity index (χ4v) is 1.93. The average Bonchev–Trinajstić information content (AvgIpc) is 2.84. The number of aromatic nitrogens is 4. The lowest BCUT2D eigenvalue weighted by Crippen LogP contribution is -1.96. The molecule has 0 saturated heterocycles. The van der Waals surface area contributed by atoms with Gasteiger partial charge in [0.25, 0.3) is 0 Å². The first kappa shape index (κ1) is 13.0. The summed E-state index contributed by atoms with van der Waals surface area (Å²) in [5.74, 6) is 0.376. The summed E-state index contributed by atoms with van der Waals surface area (Å²) in [6, 6.07) is 9.80. The molecule has 0 spiro atoms. The van der Waals surface area contributed by atoms with E-state index in [1.165, 1.54) is 6.33 Å². The Balaban J connectivity index is 1.80. The maximum atomic E-state index is 5.73. The lowest BCUT2D eigenvalue weighted by molar-refractivity contribution is 0.897. The normalized spacial score (nSPS) is 11.1. The largest absolute Gasteiger partial charge is 0.368 e. The topological polar surface area (TPSA) is 82.0 Å². The van der Waals surface area contributed by atoms with E-state index in [9.17, 15) is 0 Å². The summed E-state index contributed by atoms with van der Waals surface area (Å²) in [4.78, 5) is 12.2. The minimum atomic E-state index is 0.376. The fraction of sp³-hybridized carbons (Fsp3) is 0.0667. The third-order valence-electron chi connectivity index (χ3n) is 2.95. The molecule has 6 heteroatoms. The number of nitrogens with two attached hydrogens (primary N) is 1. The zero-order valence-electron chi connectivity index (χ0n) is 11.5. The van der Waals surface area contributed by atoms with Crippen molar-refractivity contribution in [3.8, 4) is 11.3 Å². The lowest BCUT2D eigenvalue weighted by atomic mass is 10.1. The number of nitrogens with zero attached hydrogens (tertiary/aromatic N) is 5. The molecule has 21 heavy (non-hydrogen) atoms. The standard InChI is InChI=1S/C15H14N6/c1-11-9-21(15(16)20-11)19-8-12-2-4-13(5-3-12)14-6-7-17-10-18-14/h2-10H,1H3,(H2,16,20). The Bertz CT molecular complexity index is 759. The van der Waals surface area contributed by atoms with E-state index in [2.05, 4.69) is 20.1 Å². The number of imidazole rings is 1. The van der Waals surface area contributed by atoms with E-state index in [1.54, 1.807) is 23.3 Å². The number of rotatable bonds is 3. The highest BCUT2D eigenvalue weighted by Crippen LogP contribution is 2.15. The number of hydrogen-bond donors (Lipinski definition) is 1. The predicted molar refractivity (Wildman–Crippen MR) is 81.8 cm³/mol. The van der Waals surface area contributed by atoms with Crippen LogP contribution in [0.4, 0.5) is 5.95 Å². The minimum Gasteiger partial charge on any atom is -0.368 e. The second-order valence-corrected chi connectivity index (χ2v) is 4.55. The van der Waals surface area contributed by atoms with Gasteiger partial charge in [-0.2, -0.15) is 5.10 Å². The van der Waals surface area contributed by atoms with Crippen molar-refractivity contribution < 1.29 is 0 Å². The summed E-state index contributed by atoms with van der Waals surface area (Å²) < 4.78 is 1.55. The molecule has 0 aliphatic heterocycles. The van der Waals surface area contributed by atoms with Gasteiger partial charge >= 0.3 is 0 Å². The van der Waals surface area contributed by atoms with Gasteiger partial charge in [-0.05, 0) is 18.6 Å². The third-order valence-corrected chi connectivity index (χ3v) is 2.95. The molecule has 0 amide bonds. The maximum absolute atomic E-state index is 5.73. The molecular weight excluding hydrogens is 264 g/mol. The highest BCUT2D eigenvalue weighted by molar-refractivity contribution is 5.80. The van der Waals surface area contributed by atoms with Crippen LogP contribution in [0.3, 0.4) is 0 Å². The molecule has 0 saturated carbocycles. The van der Waals surface area contributed by atoms with E-state index in [0.717, 1.165) is 22.5 Å². The summed E-state index contributed by atoms with van der Waals surface area (Å²) in [7, 11) is 0. The van der Waals surface area contributed by atoms with Gasteiger partial charge in [-0.15, -0.1) is 0 Å². The van der Waals surface area contributed by atoms with Gasteiger partial charge in [-0.25, -0.2) is 19.6 Å². The van der Waals surface area contributed by atoms with Crippen LogP contribution in [0.1, 0.15) is 11.3 Å². The first-order valence-electron chi connectivity index (χ1n) is 6.44. The number of benzene rings is 1. The highest BCUT2D eigenvalue weighted by atomic mass is 15.4. The summed E-state index contributed by atoms with van der Waals surface area (Å²) in [5.41, 5.74) is 9.46. The molecule has 3 rings (SSSR count). The van der Waals surface area contributed by atoms with Crippen LogP contribution in [0.15, 0.2) is 54.2 Å². The highest BCUT2D eigenvalue weighted by Gasteiger charge is 2.00. The number of nitrogen functional groups attached to an aromatic ring is 1. The SMILES string of the molecule is Cc1cn(N=Cc2ccc(-c3ccncn3)cc2)c(N)n1. The lowest BCUT2D eigenvalue weighted by Gasteiger charge is -2.00. The molecule has 0 fully saturated rings. The van der Waals surface area contributed by atoms with Crippen LogP contribution in [-0.4, -0.2) is 25.8 Å². The molecule has 0 unspecified atom stereocenters. The van der Waals surface area contributed by atoms with Crippen LogP contribution >= 0.6 is 0 Å². The van der Waals surface area contributed by atoms with E-state index in [-0.39, 0.29) is 0 Å². The zero-order valence-corrected chi connectivity index (χ0v) is 11.5. The molecule has 0 aliphatic rings. The van der Waals surface area contributed by atoms with E-state index in [1.807, 2.05) is 37.3 Å². The van der Waals surface area contributed by atoms with Crippen LogP contribution in [0.25, 0.3) is 11.3 Å². The molecule has 6 nitrogen and oxygen atoms in total. The molecule has 3 aromatic rings. The molecule has 0 atom stereocenters. The van der Waals surface area contributed by atoms with Crippen LogP contribution in [-0.2, 0) is 0 Å². The van der Waals surface area contributed by atoms with Gasteiger partial charge in [0.05, 0.1) is 23.8 Å². The van der Waals surface area contributed by atoms with Crippen LogP contribution in [0.2, 0.25) is 0 Å². The van der Waals surface area contributed by atoms with Gasteiger partial charge in [0.2, 0.25) is 5.95 Å². The van der Waals surface area contributed by atoms with Crippen molar-refractivity contribution in [2.45, 2.75) is 6.92 Å². The van der Waals surface area contributed by atoms with E-state index < -0.39 is 0 Å². The van der Waals surface area contributed by atoms with Gasteiger partial charge in [-0.3, -0.25) is 0 Å². The maximum Gasteiger partial charge on any atom is 0.221 e. The molecule has 104 valence electrons. The smallest absolute Gasteiger partial charge is 0.221 e. The van der Waals surface area contributed by atoms with Crippen LogP contribution < -0.4 is 5.73 Å². The predicted octanol–water partition coefficient (Wildman–Crippen LogP) is 2.11. The van der Waals surface area contributed by atoms with Gasteiger partial charge in [0.1, 0.15) is 6.33 Å². The van der Waals surface area contributed by atoms with Gasteiger partial charge < -0.3 is 5.73 Å². The molecule has 0 radical (unpaired) electrons. The summed E-state index contributed by atoms with van der Waals surface area (Å²) in [6.07, 6.45) is 6.78. The van der Waals surface area contributed by atoms with Crippen molar-refractivity contribution in [3.63, 3.8) is 0 Å². The summed E-state index contributed by atoms with van der Waals surface area (Å²) in [6.45, 7) is 1.87. The first-order chi connectivity index (χ1) is 10.2. The van der Waals surface area contributed by atoms with Crippen LogP contribution in [0, 0.1) is 6.92 Å². The van der Waals surface area contributed by atoms with Crippen molar-refractivity contribution in [3.05, 3.63) is 60.3 Å². The quantitative estimate of drug-likeness (QED) is 0.744. The number of hydrogen-bond acceptors (Lipinski definition) is 5. The second-order valence-electron chi connectivity index (χ2n) is 4.55. The average molecular weight is 278 g/mol. The first-order valence-corrected chi connectivity index (χ1v) is 6.44. The molecule has 2 heterocycles. The van der Waals surface area contributed by atoms with Crippen molar-refractivity contribution in [1.29, 1.82) is 0 Å². The van der Waals surface area contributed by atoms with Gasteiger partial charge in [0, 0.05) is 11.8 Å². The molecular formula is C15H14N6. The molecule has 0 aliphatic carbocycles. The van der Waals surface area contributed by atoms with E-state index >= 15 is 0 Å². The Kier molecular flexibility index (Phi) is 3.42. The van der Waals surface area contributed by atoms with Gasteiger partial charge in [0.15, 0.2) is 0 Å². The number of aryl methyl sites for hydroxylation is 1. The Morgan fingerprint density at radius 2 is 2.00 bits per heavy atom. The van der Waals surface area contributed by atoms with Crippen LogP contribution in [0.5, 0.6) is 0 Å².